The molecule has 4 rings (SSSR count). The van der Waals surface area contributed by atoms with Crippen LogP contribution in [-0.2, 0) is 19.1 Å². The first-order valence-electron chi connectivity index (χ1n) is 10.4. The van der Waals surface area contributed by atoms with Crippen molar-refractivity contribution in [3.05, 3.63) is 56.8 Å². The first kappa shape index (κ1) is 22.9. The zero-order valence-corrected chi connectivity index (χ0v) is 17.7. The molecule has 0 saturated carbocycles. The number of hydrogen-bond donors (Lipinski definition) is 2. The van der Waals surface area contributed by atoms with Gasteiger partial charge in [0, 0.05) is 24.7 Å². The lowest BCUT2D eigenvalue weighted by molar-refractivity contribution is -0.754. The molecule has 2 N–H and O–H groups in total. The van der Waals surface area contributed by atoms with Crippen molar-refractivity contribution < 1.29 is 31.7 Å². The standard InChI is InChI=1S/C20H21F5N6O2/c1-26-31(33)30-7-4-13-16(10-30)27-28-18(13)19(32)29-5-2-11(3-6-29)14-8-12(21)9-15(22)17(14)20(23,24)25/h8-9,11H,2-7,10H2,1H3,(H-,26,27,28,32,33)/p+1. The zero-order chi connectivity index (χ0) is 23.9. The molecule has 0 unspecified atom stereocenters. The lowest BCUT2D eigenvalue weighted by Gasteiger charge is -2.33. The SMILES string of the molecule is CN[N+](=O)N1CCc2c(C(=O)N3CCC(c4cc(F)cc(F)c4C(F)(F)F)CC3)n[nH]c2C1. The van der Waals surface area contributed by atoms with Gasteiger partial charge in [-0.1, -0.05) is 0 Å². The molecular weight excluding hydrogens is 451 g/mol. The van der Waals surface area contributed by atoms with Gasteiger partial charge in [0.15, 0.2) is 5.69 Å². The van der Waals surface area contributed by atoms with E-state index in [4.69, 9.17) is 0 Å². The molecule has 178 valence electrons. The first-order chi connectivity index (χ1) is 15.6. The van der Waals surface area contributed by atoms with Gasteiger partial charge in [-0.2, -0.15) is 18.3 Å². The molecule has 2 aliphatic rings. The molecule has 2 aromatic rings. The summed E-state index contributed by atoms with van der Waals surface area (Å²) in [5.74, 6) is -3.81. The maximum atomic E-state index is 13.9. The zero-order valence-electron chi connectivity index (χ0n) is 17.7. The maximum Gasteiger partial charge on any atom is 0.419 e. The number of H-pyrrole nitrogens is 1. The van der Waals surface area contributed by atoms with E-state index in [2.05, 4.69) is 15.6 Å². The van der Waals surface area contributed by atoms with Crippen molar-refractivity contribution in [1.82, 2.24) is 25.5 Å². The number of aromatic nitrogens is 2. The Morgan fingerprint density at radius 3 is 2.55 bits per heavy atom. The fourth-order valence-electron chi connectivity index (χ4n) is 4.54. The van der Waals surface area contributed by atoms with Gasteiger partial charge in [-0.05, 0) is 36.8 Å². The number of hydrazine groups is 2. The maximum absolute atomic E-state index is 13.9. The van der Waals surface area contributed by atoms with E-state index in [9.17, 15) is 31.7 Å². The summed E-state index contributed by atoms with van der Waals surface area (Å²) in [4.78, 5) is 26.9. The van der Waals surface area contributed by atoms with E-state index in [1.807, 2.05) is 0 Å². The molecule has 0 aliphatic carbocycles. The van der Waals surface area contributed by atoms with Crippen LogP contribution in [0, 0.1) is 16.5 Å². The third-order valence-electron chi connectivity index (χ3n) is 6.16. The number of piperidine rings is 1. The summed E-state index contributed by atoms with van der Waals surface area (Å²) in [5.41, 5.74) is 2.15. The molecule has 1 fully saturated rings. The summed E-state index contributed by atoms with van der Waals surface area (Å²) in [6.45, 7) is 0.875. The summed E-state index contributed by atoms with van der Waals surface area (Å²) in [7, 11) is 1.49. The minimum atomic E-state index is -4.95. The monoisotopic (exact) mass is 473 g/mol. The fourth-order valence-corrected chi connectivity index (χ4v) is 4.54. The number of fused-ring (bicyclic) bond motifs is 1. The summed E-state index contributed by atoms with van der Waals surface area (Å²) in [5, 5.41) is 8.39. The van der Waals surface area contributed by atoms with E-state index < -0.39 is 34.9 Å². The van der Waals surface area contributed by atoms with Crippen molar-refractivity contribution in [3.63, 3.8) is 0 Å². The number of rotatable bonds is 4. The molecule has 3 heterocycles. The van der Waals surface area contributed by atoms with Gasteiger partial charge in [0.1, 0.15) is 18.2 Å². The van der Waals surface area contributed by atoms with Crippen LogP contribution >= 0.6 is 0 Å². The molecule has 1 amide bonds. The molecule has 2 aliphatic heterocycles. The Kier molecular flexibility index (Phi) is 5.97. The van der Waals surface area contributed by atoms with Gasteiger partial charge < -0.3 is 4.90 Å². The highest BCUT2D eigenvalue weighted by atomic mass is 19.4. The van der Waals surface area contributed by atoms with Crippen LogP contribution in [0.25, 0.3) is 0 Å². The Bertz CT molecular complexity index is 1080. The quantitative estimate of drug-likeness (QED) is 0.405. The lowest BCUT2D eigenvalue weighted by atomic mass is 9.85. The molecule has 33 heavy (non-hydrogen) atoms. The van der Waals surface area contributed by atoms with Crippen molar-refractivity contribution >= 4 is 5.91 Å². The van der Waals surface area contributed by atoms with Crippen molar-refractivity contribution in [1.29, 1.82) is 0 Å². The normalized spacial score (nSPS) is 17.2. The van der Waals surface area contributed by atoms with Crippen LogP contribution in [0.15, 0.2) is 12.1 Å². The predicted octanol–water partition coefficient (Wildman–Crippen LogP) is 2.91. The van der Waals surface area contributed by atoms with Gasteiger partial charge in [0.2, 0.25) is 4.98 Å². The Hall–Kier alpha value is -3.25. The average molecular weight is 473 g/mol. The minimum absolute atomic E-state index is 0.126. The van der Waals surface area contributed by atoms with E-state index in [-0.39, 0.29) is 50.1 Å². The minimum Gasteiger partial charge on any atom is -0.337 e. The molecular formula is C20H22F5N6O2+. The number of nitroso groups, excluding NO2 is 1. The predicted molar refractivity (Wildman–Crippen MR) is 105 cm³/mol. The summed E-state index contributed by atoms with van der Waals surface area (Å²) >= 11 is 0. The number of amides is 1. The number of alkyl halides is 3. The van der Waals surface area contributed by atoms with E-state index in [0.717, 1.165) is 6.07 Å². The second-order valence-electron chi connectivity index (χ2n) is 8.08. The topological polar surface area (TPSA) is 84.3 Å². The van der Waals surface area contributed by atoms with Crippen LogP contribution in [0.1, 0.15) is 51.6 Å². The molecule has 13 heteroatoms. The number of carbonyl (C=O) groups excluding carboxylic acids is 1. The van der Waals surface area contributed by atoms with Gasteiger partial charge in [0.05, 0.1) is 29.8 Å². The second-order valence-corrected chi connectivity index (χ2v) is 8.08. The Balaban J connectivity index is 1.48. The molecule has 1 aromatic carbocycles. The van der Waals surface area contributed by atoms with Gasteiger partial charge in [-0.3, -0.25) is 9.89 Å². The number of aromatic amines is 1. The van der Waals surface area contributed by atoms with Gasteiger partial charge in [-0.15, -0.1) is 10.4 Å². The molecule has 0 radical (unpaired) electrons. The number of nitrogens with zero attached hydrogens (tertiary/aromatic N) is 4. The number of nitrogens with one attached hydrogen (secondary N) is 2. The largest absolute Gasteiger partial charge is 0.419 e. The molecule has 0 spiro atoms. The highest BCUT2D eigenvalue weighted by Crippen LogP contribution is 2.41. The Morgan fingerprint density at radius 1 is 1.21 bits per heavy atom. The second kappa shape index (κ2) is 8.60. The van der Waals surface area contributed by atoms with Gasteiger partial charge in [0.25, 0.3) is 5.91 Å². The third kappa shape index (κ3) is 4.35. The lowest BCUT2D eigenvalue weighted by Crippen LogP contribution is -2.43. The molecule has 8 nitrogen and oxygen atoms in total. The van der Waals surface area contributed by atoms with Crippen LogP contribution in [0.2, 0.25) is 0 Å². The van der Waals surface area contributed by atoms with Crippen LogP contribution in [-0.4, -0.2) is 57.7 Å². The molecule has 0 bridgehead atoms. The smallest absolute Gasteiger partial charge is 0.337 e. The average Bonchev–Trinajstić information content (AvgIpc) is 3.20. The van der Waals surface area contributed by atoms with Gasteiger partial charge >= 0.3 is 6.18 Å². The van der Waals surface area contributed by atoms with Crippen molar-refractivity contribution in [2.75, 3.05) is 26.7 Å². The fraction of sp³-hybridized carbons (Fsp3) is 0.500. The van der Waals surface area contributed by atoms with E-state index in [1.165, 1.54) is 17.0 Å². The number of carbonyl (C=O) groups is 1. The van der Waals surface area contributed by atoms with Crippen LogP contribution in [0.3, 0.4) is 0 Å². The van der Waals surface area contributed by atoms with E-state index in [1.54, 1.807) is 0 Å². The van der Waals surface area contributed by atoms with Crippen LogP contribution in [0.4, 0.5) is 22.0 Å². The number of halogens is 5. The molecule has 0 atom stereocenters. The number of benzene rings is 1. The summed E-state index contributed by atoms with van der Waals surface area (Å²) in [6, 6.07) is 0.962. The highest BCUT2D eigenvalue weighted by molar-refractivity contribution is 5.94. The Morgan fingerprint density at radius 2 is 1.91 bits per heavy atom. The molecule has 1 aromatic heterocycles. The van der Waals surface area contributed by atoms with E-state index >= 15 is 0 Å². The van der Waals surface area contributed by atoms with Crippen molar-refractivity contribution in [2.45, 2.75) is 37.9 Å². The molecule has 1 saturated heterocycles. The van der Waals surface area contributed by atoms with Crippen LogP contribution in [0.5, 0.6) is 0 Å². The van der Waals surface area contributed by atoms with Crippen LogP contribution < -0.4 is 5.43 Å². The van der Waals surface area contributed by atoms with E-state index in [0.29, 0.717) is 29.2 Å². The van der Waals surface area contributed by atoms with Gasteiger partial charge in [-0.25, -0.2) is 8.78 Å². The number of likely N-dealkylation sites (tertiary alicyclic amines) is 1. The first-order valence-corrected chi connectivity index (χ1v) is 10.4. The number of hydrogen-bond acceptors (Lipinski definition) is 3. The van der Waals surface area contributed by atoms with Crippen molar-refractivity contribution in [2.24, 2.45) is 0 Å². The van der Waals surface area contributed by atoms with Crippen molar-refractivity contribution in [3.8, 4) is 0 Å². The Labute approximate surface area is 185 Å². The summed E-state index contributed by atoms with van der Waals surface area (Å²) in [6.07, 6.45) is -4.27. The summed E-state index contributed by atoms with van der Waals surface area (Å²) < 4.78 is 67.8. The third-order valence-corrected chi connectivity index (χ3v) is 6.16. The highest BCUT2D eigenvalue weighted by Gasteiger charge is 2.40.